The second-order valence-corrected chi connectivity index (χ2v) is 5.53. The normalized spacial score (nSPS) is 13.7. The van der Waals surface area contributed by atoms with Gasteiger partial charge in [-0.1, -0.05) is 30.3 Å². The first kappa shape index (κ1) is 15.2. The fraction of sp³-hybridized carbons (Fsp3) is 0.167. The zero-order valence-electron chi connectivity index (χ0n) is 12.6. The number of aromatic amines is 1. The van der Waals surface area contributed by atoms with E-state index < -0.39 is 12.1 Å². The fourth-order valence-electron chi connectivity index (χ4n) is 2.53. The van der Waals surface area contributed by atoms with Gasteiger partial charge in [0.05, 0.1) is 12.1 Å². The van der Waals surface area contributed by atoms with Crippen LogP contribution in [0.3, 0.4) is 0 Å². The van der Waals surface area contributed by atoms with Crippen molar-refractivity contribution in [3.63, 3.8) is 0 Å². The van der Waals surface area contributed by atoms with E-state index in [-0.39, 0.29) is 11.7 Å². The van der Waals surface area contributed by atoms with Crippen molar-refractivity contribution in [3.8, 4) is 0 Å². The van der Waals surface area contributed by atoms with Gasteiger partial charge in [0.1, 0.15) is 11.5 Å². The van der Waals surface area contributed by atoms with Crippen LogP contribution in [0.1, 0.15) is 29.1 Å². The van der Waals surface area contributed by atoms with Crippen LogP contribution in [0.5, 0.6) is 0 Å². The van der Waals surface area contributed by atoms with Crippen LogP contribution in [-0.4, -0.2) is 22.0 Å². The molecule has 0 spiro atoms. The molecule has 1 amide bonds. The van der Waals surface area contributed by atoms with Gasteiger partial charge in [-0.15, -0.1) is 0 Å². The molecule has 118 valence electrons. The second kappa shape index (κ2) is 6.22. The van der Waals surface area contributed by atoms with Crippen molar-refractivity contribution in [1.82, 2.24) is 10.3 Å². The summed E-state index contributed by atoms with van der Waals surface area (Å²) in [5.41, 5.74) is 1.75. The molecule has 1 heterocycles. The number of rotatable bonds is 4. The average Bonchev–Trinajstić information content (AvgIpc) is 2.98. The molecule has 3 N–H and O–H groups in total. The monoisotopic (exact) mass is 312 g/mol. The van der Waals surface area contributed by atoms with Crippen LogP contribution in [-0.2, 0) is 0 Å². The van der Waals surface area contributed by atoms with Gasteiger partial charge in [-0.3, -0.25) is 4.79 Å². The maximum absolute atomic E-state index is 13.2. The van der Waals surface area contributed by atoms with Gasteiger partial charge in [-0.05, 0) is 36.8 Å². The second-order valence-electron chi connectivity index (χ2n) is 5.53. The molecule has 0 aliphatic heterocycles. The number of hydrogen-bond acceptors (Lipinski definition) is 2. The van der Waals surface area contributed by atoms with E-state index in [4.69, 9.17) is 0 Å². The summed E-state index contributed by atoms with van der Waals surface area (Å²) in [5.74, 6) is -0.694. The molecule has 4 nitrogen and oxygen atoms in total. The molecule has 3 aromatic rings. The molecule has 0 radical (unpaired) electrons. The van der Waals surface area contributed by atoms with Gasteiger partial charge in [-0.2, -0.15) is 0 Å². The van der Waals surface area contributed by atoms with Gasteiger partial charge in [0, 0.05) is 10.9 Å². The smallest absolute Gasteiger partial charge is 0.268 e. The predicted octanol–water partition coefficient (Wildman–Crippen LogP) is 3.16. The molecule has 2 atom stereocenters. The number of aliphatic hydroxyl groups is 1. The summed E-state index contributed by atoms with van der Waals surface area (Å²) in [6.07, 6.45) is -0.804. The Hall–Kier alpha value is -2.66. The number of benzene rings is 2. The highest BCUT2D eigenvalue weighted by molar-refractivity contribution is 5.98. The Morgan fingerprint density at radius 1 is 1.17 bits per heavy atom. The number of aromatic nitrogens is 1. The number of hydrogen-bond donors (Lipinski definition) is 3. The molecule has 0 saturated heterocycles. The van der Waals surface area contributed by atoms with Crippen LogP contribution in [0.25, 0.3) is 10.9 Å². The summed E-state index contributed by atoms with van der Waals surface area (Å²) >= 11 is 0. The number of H-pyrrole nitrogens is 1. The topological polar surface area (TPSA) is 65.1 Å². The summed E-state index contributed by atoms with van der Waals surface area (Å²) in [6.45, 7) is 1.73. The lowest BCUT2D eigenvalue weighted by Gasteiger charge is -2.20. The highest BCUT2D eigenvalue weighted by atomic mass is 19.1. The van der Waals surface area contributed by atoms with Gasteiger partial charge >= 0.3 is 0 Å². The minimum absolute atomic E-state index is 0.331. The number of nitrogens with one attached hydrogen (secondary N) is 2. The Kier molecular flexibility index (Phi) is 4.12. The predicted molar refractivity (Wildman–Crippen MR) is 86.6 cm³/mol. The van der Waals surface area contributed by atoms with Crippen molar-refractivity contribution in [1.29, 1.82) is 0 Å². The van der Waals surface area contributed by atoms with E-state index in [1.807, 2.05) is 18.2 Å². The number of carbonyl (C=O) groups excluding carboxylic acids is 1. The molecular weight excluding hydrogens is 295 g/mol. The van der Waals surface area contributed by atoms with E-state index in [1.165, 1.54) is 12.1 Å². The third-order valence-electron chi connectivity index (χ3n) is 3.80. The third-order valence-corrected chi connectivity index (χ3v) is 3.80. The number of fused-ring (bicyclic) bond motifs is 1. The van der Waals surface area contributed by atoms with Crippen molar-refractivity contribution >= 4 is 16.8 Å². The number of aliphatic hydroxyl groups excluding tert-OH is 1. The SMILES string of the molecule is C[C@H](NC(=O)c1cc2cc(F)ccc2[nH]1)[C@@H](O)c1ccccc1. The Morgan fingerprint density at radius 3 is 2.65 bits per heavy atom. The van der Waals surface area contributed by atoms with Gasteiger partial charge in [0.15, 0.2) is 0 Å². The Bertz CT molecular complexity index is 829. The van der Waals surface area contributed by atoms with E-state index in [0.29, 0.717) is 16.6 Å². The highest BCUT2D eigenvalue weighted by Crippen LogP contribution is 2.19. The first-order chi connectivity index (χ1) is 11.0. The van der Waals surface area contributed by atoms with Gasteiger partial charge in [0.2, 0.25) is 0 Å². The van der Waals surface area contributed by atoms with Crippen LogP contribution in [0.15, 0.2) is 54.6 Å². The summed E-state index contributed by atoms with van der Waals surface area (Å²) in [6, 6.07) is 14.6. The largest absolute Gasteiger partial charge is 0.386 e. The van der Waals surface area contributed by atoms with E-state index >= 15 is 0 Å². The Balaban J connectivity index is 1.74. The van der Waals surface area contributed by atoms with Crippen LogP contribution in [0.2, 0.25) is 0 Å². The van der Waals surface area contributed by atoms with Gasteiger partial charge in [0.25, 0.3) is 5.91 Å². The molecule has 3 rings (SSSR count). The van der Waals surface area contributed by atoms with Gasteiger partial charge in [-0.25, -0.2) is 4.39 Å². The standard InChI is InChI=1S/C18H17FN2O2/c1-11(17(22)12-5-3-2-4-6-12)20-18(23)16-10-13-9-14(19)7-8-15(13)21-16/h2-11,17,21-22H,1H3,(H,20,23)/t11-,17+/m0/s1. The quantitative estimate of drug-likeness (QED) is 0.693. The maximum Gasteiger partial charge on any atom is 0.268 e. The van der Waals surface area contributed by atoms with Crippen LogP contribution < -0.4 is 5.32 Å². The molecular formula is C18H17FN2O2. The van der Waals surface area contributed by atoms with Crippen LogP contribution in [0.4, 0.5) is 4.39 Å². The molecule has 0 saturated carbocycles. The number of carbonyl (C=O) groups is 1. The minimum atomic E-state index is -0.804. The summed E-state index contributed by atoms with van der Waals surface area (Å²) in [5, 5.41) is 13.7. The van der Waals surface area contributed by atoms with Crippen LogP contribution >= 0.6 is 0 Å². The molecule has 23 heavy (non-hydrogen) atoms. The minimum Gasteiger partial charge on any atom is -0.386 e. The van der Waals surface area contributed by atoms with Crippen molar-refractivity contribution in [2.45, 2.75) is 19.1 Å². The summed E-state index contributed by atoms with van der Waals surface area (Å²) in [7, 11) is 0. The molecule has 2 aromatic carbocycles. The molecule has 0 bridgehead atoms. The van der Waals surface area contributed by atoms with Crippen LogP contribution in [0, 0.1) is 5.82 Å². The maximum atomic E-state index is 13.2. The fourth-order valence-corrected chi connectivity index (χ4v) is 2.53. The zero-order chi connectivity index (χ0) is 16.4. The number of halogens is 1. The van der Waals surface area contributed by atoms with E-state index in [0.717, 1.165) is 5.56 Å². The number of amides is 1. The van der Waals surface area contributed by atoms with E-state index in [9.17, 15) is 14.3 Å². The lowest BCUT2D eigenvalue weighted by atomic mass is 10.0. The van der Waals surface area contributed by atoms with Crippen molar-refractivity contribution < 1.29 is 14.3 Å². The van der Waals surface area contributed by atoms with E-state index in [1.54, 1.807) is 31.2 Å². The lowest BCUT2D eigenvalue weighted by Crippen LogP contribution is -2.37. The highest BCUT2D eigenvalue weighted by Gasteiger charge is 2.19. The van der Waals surface area contributed by atoms with Crippen molar-refractivity contribution in [2.24, 2.45) is 0 Å². The zero-order valence-corrected chi connectivity index (χ0v) is 12.6. The molecule has 0 fully saturated rings. The molecule has 0 aliphatic carbocycles. The first-order valence-corrected chi connectivity index (χ1v) is 7.37. The summed E-state index contributed by atoms with van der Waals surface area (Å²) in [4.78, 5) is 15.2. The van der Waals surface area contributed by atoms with E-state index in [2.05, 4.69) is 10.3 Å². The lowest BCUT2D eigenvalue weighted by molar-refractivity contribution is 0.0848. The van der Waals surface area contributed by atoms with Gasteiger partial charge < -0.3 is 15.4 Å². The average molecular weight is 312 g/mol. The Labute approximate surface area is 133 Å². The first-order valence-electron chi connectivity index (χ1n) is 7.37. The van der Waals surface area contributed by atoms with Crippen molar-refractivity contribution in [3.05, 3.63) is 71.7 Å². The molecule has 5 heteroatoms. The molecule has 1 aromatic heterocycles. The van der Waals surface area contributed by atoms with Crippen molar-refractivity contribution in [2.75, 3.05) is 0 Å². The third kappa shape index (κ3) is 3.24. The molecule has 0 aliphatic rings. The Morgan fingerprint density at radius 2 is 1.91 bits per heavy atom. The summed E-state index contributed by atoms with van der Waals surface area (Å²) < 4.78 is 13.2. The molecule has 0 unspecified atom stereocenters.